The van der Waals surface area contributed by atoms with Crippen molar-refractivity contribution in [3.8, 4) is 33.6 Å². The van der Waals surface area contributed by atoms with Crippen LogP contribution < -0.4 is 5.19 Å². The maximum absolute atomic E-state index is 8.55. The normalized spacial score (nSPS) is 12.2. The average Bonchev–Trinajstić information content (AvgIpc) is 3.47. The van der Waals surface area contributed by atoms with Crippen molar-refractivity contribution in [3.63, 3.8) is 0 Å². The van der Waals surface area contributed by atoms with E-state index in [2.05, 4.69) is 78.1 Å². The van der Waals surface area contributed by atoms with Crippen LogP contribution in [0.1, 0.15) is 22.2 Å². The molecule has 233 valence electrons. The molecule has 5 heteroatoms. The third-order valence-corrected chi connectivity index (χ3v) is 9.62. The van der Waals surface area contributed by atoms with E-state index in [1.54, 1.807) is 6.20 Å². The first-order chi connectivity index (χ1) is 22.5. The molecule has 0 N–H and O–H groups in total. The minimum atomic E-state index is -1.67. The molecule has 0 spiro atoms. The SMILES string of the molecule is [2H]C([2H])(c1cc(-c2[c-]cccc2)ncc1[Si](C)(C)C)C(C)C.[Ir].[c-]1ccc2c(oc3cc(-c4ccccc4)ccc32)c1-c1ccccn1. The van der Waals surface area contributed by atoms with Crippen molar-refractivity contribution in [2.75, 3.05) is 0 Å². The largest absolute Gasteiger partial charge is 0.501 e. The third kappa shape index (κ3) is 7.45. The van der Waals surface area contributed by atoms with Gasteiger partial charge in [-0.05, 0) is 52.1 Å². The Balaban J connectivity index is 0.000000186. The van der Waals surface area contributed by atoms with E-state index < -0.39 is 14.4 Å². The van der Waals surface area contributed by atoms with Crippen molar-refractivity contribution in [1.29, 1.82) is 0 Å². The van der Waals surface area contributed by atoms with Gasteiger partial charge in [-0.1, -0.05) is 111 Å². The Morgan fingerprint density at radius 2 is 1.54 bits per heavy atom. The van der Waals surface area contributed by atoms with Gasteiger partial charge >= 0.3 is 0 Å². The molecule has 3 nitrogen and oxygen atoms in total. The fourth-order valence-electron chi connectivity index (χ4n) is 5.44. The first kappa shape index (κ1) is 30.5. The van der Waals surface area contributed by atoms with Crippen LogP contribution in [0.5, 0.6) is 0 Å². The van der Waals surface area contributed by atoms with Crippen LogP contribution in [0.2, 0.25) is 19.6 Å². The summed E-state index contributed by atoms with van der Waals surface area (Å²) in [4.78, 5) is 9.03. The molecular weight excluding hydrogens is 757 g/mol. The Labute approximate surface area is 289 Å². The van der Waals surface area contributed by atoms with Gasteiger partial charge in [0, 0.05) is 40.6 Å². The maximum atomic E-state index is 8.55. The summed E-state index contributed by atoms with van der Waals surface area (Å²) in [5, 5.41) is 3.31. The maximum Gasteiger partial charge on any atom is 0.121 e. The summed E-state index contributed by atoms with van der Waals surface area (Å²) in [6.45, 7) is 10.6. The molecule has 0 unspecified atom stereocenters. The number of rotatable bonds is 6. The first-order valence-electron chi connectivity index (χ1n) is 16.4. The standard InChI is InChI=1S/C23H14NO.C18H24NSi.Ir/c1-2-7-16(8-3-1)17-12-13-18-19-9-6-10-20(21-11-4-5-14-24-21)23(19)25-22(18)15-17;1-14(2)11-16-12-17(15-9-7-6-8-10-15)19-13-18(16)20(3,4)5;/h1-9,11-15H;6-9,12-14H,11H2,1-5H3;/q2*-1;/i;11D2;. The van der Waals surface area contributed by atoms with Crippen molar-refractivity contribution in [2.24, 2.45) is 5.92 Å². The van der Waals surface area contributed by atoms with Gasteiger partial charge < -0.3 is 14.4 Å². The Morgan fingerprint density at radius 3 is 2.24 bits per heavy atom. The van der Waals surface area contributed by atoms with Crippen LogP contribution in [-0.4, -0.2) is 18.0 Å². The van der Waals surface area contributed by atoms with Gasteiger partial charge in [0.05, 0.1) is 13.7 Å². The van der Waals surface area contributed by atoms with Gasteiger partial charge in [-0.2, -0.15) is 0 Å². The predicted molar refractivity (Wildman–Crippen MR) is 191 cm³/mol. The van der Waals surface area contributed by atoms with Crippen LogP contribution >= 0.6 is 0 Å². The Bertz CT molecular complexity index is 2130. The summed E-state index contributed by atoms with van der Waals surface area (Å²) in [6.07, 6.45) is 2.32. The molecular formula is C41H38IrN2OSi-2. The quantitative estimate of drug-likeness (QED) is 0.124. The summed E-state index contributed by atoms with van der Waals surface area (Å²) in [7, 11) is -1.67. The molecule has 7 rings (SSSR count). The summed E-state index contributed by atoms with van der Waals surface area (Å²) >= 11 is 0. The fraction of sp³-hybridized carbons (Fsp3) is 0.171. The number of hydrogen-bond donors (Lipinski definition) is 0. The molecule has 0 bridgehead atoms. The van der Waals surface area contributed by atoms with E-state index in [0.717, 1.165) is 60.8 Å². The number of benzene rings is 4. The Hall–Kier alpha value is -4.15. The van der Waals surface area contributed by atoms with Crippen LogP contribution in [0.15, 0.2) is 126 Å². The topological polar surface area (TPSA) is 38.9 Å². The van der Waals surface area contributed by atoms with Crippen molar-refractivity contribution in [1.82, 2.24) is 9.97 Å². The van der Waals surface area contributed by atoms with Crippen molar-refractivity contribution in [2.45, 2.75) is 39.9 Å². The average molecular weight is 797 g/mol. The second-order valence-corrected chi connectivity index (χ2v) is 17.5. The zero-order chi connectivity index (χ0) is 33.2. The van der Waals surface area contributed by atoms with Gasteiger partial charge in [0.1, 0.15) is 5.58 Å². The molecule has 1 radical (unpaired) electrons. The van der Waals surface area contributed by atoms with Crippen molar-refractivity contribution in [3.05, 3.63) is 139 Å². The molecule has 7 aromatic rings. The van der Waals surface area contributed by atoms with Gasteiger partial charge in [0.15, 0.2) is 0 Å². The van der Waals surface area contributed by atoms with E-state index in [9.17, 15) is 0 Å². The molecule has 0 fully saturated rings. The first-order valence-corrected chi connectivity index (χ1v) is 18.9. The third-order valence-electron chi connectivity index (χ3n) is 7.60. The minimum absolute atomic E-state index is 0. The molecule has 3 heterocycles. The van der Waals surface area contributed by atoms with Crippen LogP contribution in [-0.2, 0) is 26.5 Å². The van der Waals surface area contributed by atoms with Crippen LogP contribution in [0.3, 0.4) is 0 Å². The molecule has 4 aromatic carbocycles. The zero-order valence-electron chi connectivity index (χ0n) is 28.8. The molecule has 0 aliphatic rings. The molecule has 0 saturated carbocycles. The molecule has 46 heavy (non-hydrogen) atoms. The fourth-order valence-corrected chi connectivity index (χ4v) is 6.84. The number of furan rings is 1. The van der Waals surface area contributed by atoms with Crippen LogP contribution in [0.4, 0.5) is 0 Å². The van der Waals surface area contributed by atoms with Gasteiger partial charge in [0.2, 0.25) is 0 Å². The number of hydrogen-bond acceptors (Lipinski definition) is 3. The van der Waals surface area contributed by atoms with Crippen molar-refractivity contribution < 1.29 is 27.3 Å². The van der Waals surface area contributed by atoms with E-state index in [-0.39, 0.29) is 26.0 Å². The van der Waals surface area contributed by atoms with Gasteiger partial charge in [-0.25, -0.2) is 0 Å². The van der Waals surface area contributed by atoms with Gasteiger partial charge in [-0.3, -0.25) is 0 Å². The van der Waals surface area contributed by atoms with Gasteiger partial charge in [-0.15, -0.1) is 54.1 Å². The summed E-state index contributed by atoms with van der Waals surface area (Å²) in [6, 6.07) is 42.7. The van der Waals surface area contributed by atoms with E-state index >= 15 is 0 Å². The van der Waals surface area contributed by atoms with E-state index in [4.69, 9.17) is 7.16 Å². The molecule has 0 aliphatic heterocycles. The Morgan fingerprint density at radius 1 is 0.761 bits per heavy atom. The molecule has 0 amide bonds. The monoisotopic (exact) mass is 797 g/mol. The summed E-state index contributed by atoms with van der Waals surface area (Å²) in [5.74, 6) is -0.0856. The zero-order valence-corrected chi connectivity index (χ0v) is 30.2. The van der Waals surface area contributed by atoms with E-state index in [0.29, 0.717) is 0 Å². The predicted octanol–water partition coefficient (Wildman–Crippen LogP) is 10.4. The smallest absolute Gasteiger partial charge is 0.121 e. The van der Waals surface area contributed by atoms with E-state index in [1.165, 1.54) is 5.56 Å². The second kappa shape index (κ2) is 14.5. The minimum Gasteiger partial charge on any atom is -0.501 e. The number of aromatic nitrogens is 2. The second-order valence-electron chi connectivity index (χ2n) is 12.4. The molecule has 0 aliphatic carbocycles. The van der Waals surface area contributed by atoms with Crippen LogP contribution in [0, 0.1) is 18.1 Å². The number of fused-ring (bicyclic) bond motifs is 3. The molecule has 0 saturated heterocycles. The van der Waals surface area contributed by atoms with Crippen molar-refractivity contribution >= 4 is 35.2 Å². The summed E-state index contributed by atoms with van der Waals surface area (Å²) in [5.41, 5.74) is 8.31. The molecule has 0 atom stereocenters. The number of nitrogens with zero attached hydrogens (tertiary/aromatic N) is 2. The van der Waals surface area contributed by atoms with Crippen LogP contribution in [0.25, 0.3) is 55.6 Å². The number of pyridine rings is 2. The molecule has 3 aromatic heterocycles. The van der Waals surface area contributed by atoms with E-state index in [1.807, 2.05) is 92.8 Å². The summed E-state index contributed by atoms with van der Waals surface area (Å²) < 4.78 is 23.3. The van der Waals surface area contributed by atoms with Gasteiger partial charge in [0.25, 0.3) is 0 Å². The Kier molecular flexibility index (Phi) is 9.62.